The number of rotatable bonds is 2. The van der Waals surface area contributed by atoms with Crippen molar-refractivity contribution in [1.82, 2.24) is 10.4 Å². The van der Waals surface area contributed by atoms with E-state index in [9.17, 15) is 0 Å². The summed E-state index contributed by atoms with van der Waals surface area (Å²) in [6.45, 7) is 0. The number of fused-ring (bicyclic) bond motifs is 4. The van der Waals surface area contributed by atoms with E-state index in [1.807, 2.05) is 12.1 Å². The van der Waals surface area contributed by atoms with Gasteiger partial charge in [0.2, 0.25) is 0 Å². The lowest BCUT2D eigenvalue weighted by molar-refractivity contribution is -0.150. The maximum Gasteiger partial charge on any atom is 0.180 e. The van der Waals surface area contributed by atoms with Gasteiger partial charge in [0.25, 0.3) is 0 Å². The second-order valence-electron chi connectivity index (χ2n) is 7.38. The van der Waals surface area contributed by atoms with E-state index in [-0.39, 0.29) is 11.8 Å². The molecule has 3 aliphatic rings. The Morgan fingerprint density at radius 2 is 1.81 bits per heavy atom. The lowest BCUT2D eigenvalue weighted by atomic mass is 9.87. The molecule has 1 spiro atoms. The Morgan fingerprint density at radius 3 is 2.58 bits per heavy atom. The predicted molar refractivity (Wildman–Crippen MR) is 102 cm³/mol. The number of ether oxygens (including phenoxy) is 2. The molecular formula is C22H24N2O2. The van der Waals surface area contributed by atoms with E-state index in [0.29, 0.717) is 0 Å². The third kappa shape index (κ3) is 2.40. The van der Waals surface area contributed by atoms with E-state index >= 15 is 0 Å². The molecule has 4 heteroatoms. The first kappa shape index (κ1) is 15.8. The predicted octanol–water partition coefficient (Wildman–Crippen LogP) is 4.65. The summed E-state index contributed by atoms with van der Waals surface area (Å²) in [7, 11) is 1.70. The number of hydrazine groups is 1. The van der Waals surface area contributed by atoms with Gasteiger partial charge in [-0.2, -0.15) is 5.01 Å². The van der Waals surface area contributed by atoms with Crippen LogP contribution >= 0.6 is 0 Å². The Kier molecular flexibility index (Phi) is 3.68. The molecule has 134 valence electrons. The van der Waals surface area contributed by atoms with Gasteiger partial charge in [-0.15, -0.1) is 0 Å². The Labute approximate surface area is 154 Å². The molecular weight excluding hydrogens is 324 g/mol. The molecule has 0 bridgehead atoms. The molecule has 1 atom stereocenters. The van der Waals surface area contributed by atoms with Gasteiger partial charge < -0.3 is 14.9 Å². The van der Waals surface area contributed by atoms with Crippen molar-refractivity contribution >= 4 is 5.70 Å². The van der Waals surface area contributed by atoms with Crippen molar-refractivity contribution in [3.05, 3.63) is 65.7 Å². The van der Waals surface area contributed by atoms with Gasteiger partial charge in [0.15, 0.2) is 5.72 Å². The molecule has 1 aliphatic carbocycles. The quantitative estimate of drug-likeness (QED) is 0.856. The fourth-order valence-electron chi connectivity index (χ4n) is 4.50. The van der Waals surface area contributed by atoms with Gasteiger partial charge in [-0.3, -0.25) is 0 Å². The molecule has 2 aromatic rings. The minimum Gasteiger partial charge on any atom is -0.497 e. The Hall–Kier alpha value is -2.46. The molecule has 2 heterocycles. The number of methoxy groups -OCH3 is 1. The van der Waals surface area contributed by atoms with Gasteiger partial charge >= 0.3 is 0 Å². The zero-order valence-corrected chi connectivity index (χ0v) is 15.1. The Morgan fingerprint density at radius 1 is 1.04 bits per heavy atom. The fourth-order valence-corrected chi connectivity index (χ4v) is 4.50. The van der Waals surface area contributed by atoms with Crippen molar-refractivity contribution < 1.29 is 9.47 Å². The van der Waals surface area contributed by atoms with Gasteiger partial charge in [-0.05, 0) is 54.8 Å². The van der Waals surface area contributed by atoms with Gasteiger partial charge in [0.1, 0.15) is 11.5 Å². The summed E-state index contributed by atoms with van der Waals surface area (Å²) < 4.78 is 11.9. The Bertz CT molecular complexity index is 837. The van der Waals surface area contributed by atoms with Crippen LogP contribution in [0.2, 0.25) is 0 Å². The SMILES string of the molecule is COc1ccc(C2=C[C@H]3c4ccccc4OC4(CCCCC4)N3N2)cc1. The summed E-state index contributed by atoms with van der Waals surface area (Å²) in [4.78, 5) is 0. The highest BCUT2D eigenvalue weighted by molar-refractivity contribution is 5.68. The van der Waals surface area contributed by atoms with Crippen molar-refractivity contribution in [3.63, 3.8) is 0 Å². The minimum atomic E-state index is -0.248. The molecule has 2 aromatic carbocycles. The molecule has 2 aliphatic heterocycles. The van der Waals surface area contributed by atoms with Crippen molar-refractivity contribution in [2.45, 2.75) is 43.9 Å². The molecule has 0 unspecified atom stereocenters. The lowest BCUT2D eigenvalue weighted by Crippen LogP contribution is -2.60. The highest BCUT2D eigenvalue weighted by atomic mass is 16.5. The summed E-state index contributed by atoms with van der Waals surface area (Å²) in [6, 6.07) is 16.9. The summed E-state index contributed by atoms with van der Waals surface area (Å²) in [5.74, 6) is 1.91. The topological polar surface area (TPSA) is 33.7 Å². The number of hydrogen-bond donors (Lipinski definition) is 1. The maximum absolute atomic E-state index is 6.61. The molecule has 0 amide bonds. The van der Waals surface area contributed by atoms with E-state index in [1.165, 1.54) is 30.4 Å². The zero-order chi connectivity index (χ0) is 17.6. The van der Waals surface area contributed by atoms with Gasteiger partial charge in [-0.1, -0.05) is 24.6 Å². The van der Waals surface area contributed by atoms with Crippen LogP contribution in [-0.2, 0) is 0 Å². The minimum absolute atomic E-state index is 0.204. The zero-order valence-electron chi connectivity index (χ0n) is 15.1. The maximum atomic E-state index is 6.61. The van der Waals surface area contributed by atoms with Crippen LogP contribution in [0.25, 0.3) is 5.70 Å². The van der Waals surface area contributed by atoms with Gasteiger partial charge in [-0.25, -0.2) is 0 Å². The van der Waals surface area contributed by atoms with Crippen molar-refractivity contribution in [1.29, 1.82) is 0 Å². The average molecular weight is 348 g/mol. The van der Waals surface area contributed by atoms with Crippen LogP contribution in [0.15, 0.2) is 54.6 Å². The normalized spacial score (nSPS) is 23.4. The molecule has 0 aromatic heterocycles. The number of benzene rings is 2. The smallest absolute Gasteiger partial charge is 0.180 e. The highest BCUT2D eigenvalue weighted by Crippen LogP contribution is 2.49. The fraction of sp³-hybridized carbons (Fsp3) is 0.364. The van der Waals surface area contributed by atoms with E-state index in [4.69, 9.17) is 9.47 Å². The molecule has 1 N–H and O–H groups in total. The van der Waals surface area contributed by atoms with Crippen LogP contribution in [0.3, 0.4) is 0 Å². The second-order valence-corrected chi connectivity index (χ2v) is 7.38. The first-order valence-electron chi connectivity index (χ1n) is 9.49. The Balaban J connectivity index is 1.55. The van der Waals surface area contributed by atoms with Crippen molar-refractivity contribution in [2.75, 3.05) is 7.11 Å². The largest absolute Gasteiger partial charge is 0.497 e. The first-order valence-corrected chi connectivity index (χ1v) is 9.49. The summed E-state index contributed by atoms with van der Waals surface area (Å²) in [6.07, 6.45) is 8.18. The van der Waals surface area contributed by atoms with E-state index < -0.39 is 0 Å². The molecule has 4 nitrogen and oxygen atoms in total. The van der Waals surface area contributed by atoms with Crippen molar-refractivity contribution in [2.24, 2.45) is 0 Å². The standard InChI is InChI=1S/C22H24N2O2/c1-25-17-11-9-16(10-12-17)19-15-20-18-7-3-4-8-21(18)26-22(24(20)23-19)13-5-2-6-14-22/h3-4,7-12,15,20,23H,2,5-6,13-14H2,1H3/t20-/m0/s1. The third-order valence-corrected chi connectivity index (χ3v) is 5.86. The van der Waals surface area contributed by atoms with E-state index in [1.54, 1.807) is 7.11 Å². The van der Waals surface area contributed by atoms with Crippen LogP contribution in [0.5, 0.6) is 11.5 Å². The third-order valence-electron chi connectivity index (χ3n) is 5.86. The van der Waals surface area contributed by atoms with Crippen LogP contribution in [0, 0.1) is 0 Å². The number of para-hydroxylation sites is 1. The average Bonchev–Trinajstić information content (AvgIpc) is 3.16. The number of nitrogens with one attached hydrogen (secondary N) is 1. The number of hydrogen-bond acceptors (Lipinski definition) is 4. The highest BCUT2D eigenvalue weighted by Gasteiger charge is 2.50. The van der Waals surface area contributed by atoms with Crippen LogP contribution in [-0.4, -0.2) is 17.8 Å². The van der Waals surface area contributed by atoms with Crippen LogP contribution < -0.4 is 14.9 Å². The molecule has 5 rings (SSSR count). The molecule has 0 radical (unpaired) electrons. The molecule has 26 heavy (non-hydrogen) atoms. The molecule has 0 saturated heterocycles. The molecule has 1 fully saturated rings. The van der Waals surface area contributed by atoms with E-state index in [2.05, 4.69) is 52.9 Å². The lowest BCUT2D eigenvalue weighted by Gasteiger charge is -2.50. The molecule has 1 saturated carbocycles. The number of nitrogens with zero attached hydrogens (tertiary/aromatic N) is 1. The summed E-state index contributed by atoms with van der Waals surface area (Å²) >= 11 is 0. The van der Waals surface area contributed by atoms with E-state index in [0.717, 1.165) is 30.0 Å². The van der Waals surface area contributed by atoms with Gasteiger partial charge in [0, 0.05) is 18.4 Å². The first-order chi connectivity index (χ1) is 12.8. The van der Waals surface area contributed by atoms with Crippen molar-refractivity contribution in [3.8, 4) is 11.5 Å². The van der Waals surface area contributed by atoms with Gasteiger partial charge in [0.05, 0.1) is 18.8 Å². The van der Waals surface area contributed by atoms with Crippen LogP contribution in [0.4, 0.5) is 0 Å². The second kappa shape index (κ2) is 6.06. The van der Waals surface area contributed by atoms with Crippen LogP contribution in [0.1, 0.15) is 49.3 Å². The summed E-state index contributed by atoms with van der Waals surface area (Å²) in [5.41, 5.74) is 6.98. The summed E-state index contributed by atoms with van der Waals surface area (Å²) in [5, 5.41) is 2.36. The monoisotopic (exact) mass is 348 g/mol.